The molecule has 1 aromatic rings. The molecule has 0 aromatic carbocycles. The number of rotatable bonds is 1. The predicted molar refractivity (Wildman–Crippen MR) is 76.8 cm³/mol. The van der Waals surface area contributed by atoms with E-state index in [0.717, 1.165) is 32.0 Å². The van der Waals surface area contributed by atoms with E-state index < -0.39 is 0 Å². The van der Waals surface area contributed by atoms with Crippen LogP contribution in [-0.2, 0) is 17.8 Å². The summed E-state index contributed by atoms with van der Waals surface area (Å²) >= 11 is 0. The van der Waals surface area contributed by atoms with Gasteiger partial charge in [0, 0.05) is 30.7 Å². The van der Waals surface area contributed by atoms with E-state index in [2.05, 4.69) is 23.2 Å². The second kappa shape index (κ2) is 3.95. The first-order valence-electron chi connectivity index (χ1n) is 7.94. The van der Waals surface area contributed by atoms with Crippen molar-refractivity contribution in [3.63, 3.8) is 0 Å². The highest BCUT2D eigenvalue weighted by atomic mass is 16.5. The Hall–Kier alpha value is -1.13. The Bertz CT molecular complexity index is 569. The molecule has 1 N–H and O–H groups in total. The van der Waals surface area contributed by atoms with Crippen molar-refractivity contribution in [3.05, 3.63) is 22.9 Å². The largest absolute Gasteiger partial charge is 0.367 e. The quantitative estimate of drug-likeness (QED) is 0.845. The zero-order chi connectivity index (χ0) is 13.3. The lowest BCUT2D eigenvalue weighted by Gasteiger charge is -2.37. The second-order valence-electron chi connectivity index (χ2n) is 6.86. The number of pyridine rings is 1. The molecule has 5 rings (SSSR count). The van der Waals surface area contributed by atoms with Gasteiger partial charge < -0.3 is 15.0 Å². The van der Waals surface area contributed by atoms with Crippen LogP contribution >= 0.6 is 0 Å². The van der Waals surface area contributed by atoms with E-state index in [1.54, 1.807) is 0 Å². The highest BCUT2D eigenvalue weighted by Gasteiger charge is 2.42. The summed E-state index contributed by atoms with van der Waals surface area (Å²) in [6, 6.07) is 3.52. The van der Waals surface area contributed by atoms with Gasteiger partial charge in [0.1, 0.15) is 11.9 Å². The Labute approximate surface area is 119 Å². The van der Waals surface area contributed by atoms with Crippen LogP contribution in [0.2, 0.25) is 0 Å². The van der Waals surface area contributed by atoms with Crippen LogP contribution in [0.15, 0.2) is 6.07 Å². The number of aromatic nitrogens is 1. The van der Waals surface area contributed by atoms with Crippen LogP contribution in [0.4, 0.5) is 5.82 Å². The molecule has 0 bridgehead atoms. The first kappa shape index (κ1) is 11.5. The van der Waals surface area contributed by atoms with Gasteiger partial charge in [-0.15, -0.1) is 0 Å². The first-order chi connectivity index (χ1) is 9.81. The third-order valence-electron chi connectivity index (χ3n) is 5.32. The summed E-state index contributed by atoms with van der Waals surface area (Å²) in [6.45, 7) is 5.23. The van der Waals surface area contributed by atoms with Gasteiger partial charge in [0.25, 0.3) is 0 Å². The molecule has 0 spiro atoms. The average Bonchev–Trinajstić information content (AvgIpc) is 3.09. The van der Waals surface area contributed by atoms with Crippen LogP contribution in [0, 0.1) is 5.92 Å². The van der Waals surface area contributed by atoms with E-state index in [9.17, 15) is 0 Å². The number of nitrogens with zero attached hydrogens (tertiary/aromatic N) is 2. The summed E-state index contributed by atoms with van der Waals surface area (Å²) in [7, 11) is 0. The minimum absolute atomic E-state index is 0.285. The number of fused-ring (bicyclic) bond motifs is 4. The Morgan fingerprint density at radius 3 is 3.05 bits per heavy atom. The van der Waals surface area contributed by atoms with Crippen molar-refractivity contribution >= 4 is 5.82 Å². The van der Waals surface area contributed by atoms with Crippen molar-refractivity contribution in [2.24, 2.45) is 5.92 Å². The van der Waals surface area contributed by atoms with Gasteiger partial charge in [-0.1, -0.05) is 0 Å². The molecular formula is C16H21N3O. The minimum Gasteiger partial charge on any atom is -0.367 e. The summed E-state index contributed by atoms with van der Waals surface area (Å²) in [5.41, 5.74) is 4.03. The second-order valence-corrected chi connectivity index (χ2v) is 6.86. The van der Waals surface area contributed by atoms with Gasteiger partial charge >= 0.3 is 0 Å². The highest BCUT2D eigenvalue weighted by molar-refractivity contribution is 5.58. The van der Waals surface area contributed by atoms with Crippen molar-refractivity contribution in [3.8, 4) is 0 Å². The molecule has 1 saturated heterocycles. The zero-order valence-corrected chi connectivity index (χ0v) is 11.9. The zero-order valence-electron chi connectivity index (χ0n) is 11.9. The van der Waals surface area contributed by atoms with Crippen LogP contribution in [0.5, 0.6) is 0 Å². The molecule has 20 heavy (non-hydrogen) atoms. The molecule has 1 saturated carbocycles. The summed E-state index contributed by atoms with van der Waals surface area (Å²) < 4.78 is 6.00. The average molecular weight is 271 g/mol. The number of hydrogen-bond donors (Lipinski definition) is 1. The van der Waals surface area contributed by atoms with E-state index in [-0.39, 0.29) is 6.10 Å². The maximum Gasteiger partial charge on any atom is 0.132 e. The minimum atomic E-state index is 0.285. The molecule has 106 valence electrons. The number of ether oxygens (including phenoxy) is 1. The van der Waals surface area contributed by atoms with Crippen molar-refractivity contribution in [1.29, 1.82) is 0 Å². The molecular weight excluding hydrogens is 250 g/mol. The maximum atomic E-state index is 6.00. The van der Waals surface area contributed by atoms with Crippen molar-refractivity contribution in [1.82, 2.24) is 10.3 Å². The molecule has 0 radical (unpaired) electrons. The number of nitrogens with one attached hydrogen (secondary N) is 1. The molecule has 3 aliphatic heterocycles. The van der Waals surface area contributed by atoms with E-state index >= 15 is 0 Å². The van der Waals surface area contributed by atoms with Gasteiger partial charge in [0.05, 0.1) is 12.3 Å². The maximum absolute atomic E-state index is 6.00. The third kappa shape index (κ3) is 1.52. The SMILES string of the molecule is C[C@H]1CNC[C@H]2Cc3cc4c(nc3N21)[C@H](C1CC1)OC4. The lowest BCUT2D eigenvalue weighted by atomic mass is 10.0. The van der Waals surface area contributed by atoms with Gasteiger partial charge in [-0.25, -0.2) is 4.98 Å². The molecule has 4 nitrogen and oxygen atoms in total. The predicted octanol–water partition coefficient (Wildman–Crippen LogP) is 1.79. The Morgan fingerprint density at radius 1 is 1.30 bits per heavy atom. The van der Waals surface area contributed by atoms with Gasteiger partial charge in [0.15, 0.2) is 0 Å². The molecule has 1 aliphatic carbocycles. The lowest BCUT2D eigenvalue weighted by molar-refractivity contribution is 0.0488. The molecule has 4 heterocycles. The fraction of sp³-hybridized carbons (Fsp3) is 0.688. The summed E-state index contributed by atoms with van der Waals surface area (Å²) in [4.78, 5) is 7.63. The summed E-state index contributed by atoms with van der Waals surface area (Å²) in [6.07, 6.45) is 4.05. The Kier molecular flexibility index (Phi) is 2.28. The molecule has 3 atom stereocenters. The smallest absolute Gasteiger partial charge is 0.132 e. The summed E-state index contributed by atoms with van der Waals surface area (Å²) in [5.74, 6) is 1.98. The normalized spacial score (nSPS) is 34.9. The van der Waals surface area contributed by atoms with Crippen LogP contribution in [-0.4, -0.2) is 30.2 Å². The molecule has 4 heteroatoms. The van der Waals surface area contributed by atoms with Gasteiger partial charge in [-0.3, -0.25) is 0 Å². The topological polar surface area (TPSA) is 37.4 Å². The van der Waals surface area contributed by atoms with E-state index in [0.29, 0.717) is 12.1 Å². The molecule has 2 fully saturated rings. The van der Waals surface area contributed by atoms with Crippen LogP contribution < -0.4 is 10.2 Å². The van der Waals surface area contributed by atoms with Gasteiger partial charge in [-0.05, 0) is 43.7 Å². The Balaban J connectivity index is 1.58. The third-order valence-corrected chi connectivity index (χ3v) is 5.32. The highest BCUT2D eigenvalue weighted by Crippen LogP contribution is 2.48. The molecule has 1 aromatic heterocycles. The van der Waals surface area contributed by atoms with Crippen LogP contribution in [0.1, 0.15) is 42.7 Å². The first-order valence-corrected chi connectivity index (χ1v) is 7.94. The van der Waals surface area contributed by atoms with Gasteiger partial charge in [-0.2, -0.15) is 0 Å². The van der Waals surface area contributed by atoms with E-state index in [1.165, 1.54) is 35.5 Å². The van der Waals surface area contributed by atoms with Crippen molar-refractivity contribution < 1.29 is 4.74 Å². The number of hydrogen-bond acceptors (Lipinski definition) is 4. The monoisotopic (exact) mass is 271 g/mol. The number of piperazine rings is 1. The van der Waals surface area contributed by atoms with Crippen molar-refractivity contribution in [2.75, 3.05) is 18.0 Å². The summed E-state index contributed by atoms with van der Waals surface area (Å²) in [5, 5.41) is 3.54. The molecule has 0 unspecified atom stereocenters. The van der Waals surface area contributed by atoms with Crippen LogP contribution in [0.3, 0.4) is 0 Å². The van der Waals surface area contributed by atoms with E-state index in [1.807, 2.05) is 0 Å². The standard InChI is InChI=1S/C16H21N3O/c1-9-6-17-7-13-5-11-4-12-8-20-15(10-2-3-10)14(12)18-16(11)19(9)13/h4,9-10,13,15,17H,2-3,5-8H2,1H3/t9-,13+,15-/m0/s1. The van der Waals surface area contributed by atoms with E-state index in [4.69, 9.17) is 9.72 Å². The Morgan fingerprint density at radius 2 is 2.20 bits per heavy atom. The fourth-order valence-corrected chi connectivity index (χ4v) is 4.18. The fourth-order valence-electron chi connectivity index (χ4n) is 4.18. The lowest BCUT2D eigenvalue weighted by Crippen LogP contribution is -2.55. The van der Waals surface area contributed by atoms with Crippen LogP contribution in [0.25, 0.3) is 0 Å². The molecule has 4 aliphatic rings. The number of anilines is 1. The van der Waals surface area contributed by atoms with Crippen molar-refractivity contribution in [2.45, 2.75) is 51.0 Å². The van der Waals surface area contributed by atoms with Gasteiger partial charge in [0.2, 0.25) is 0 Å². The molecule has 0 amide bonds.